The van der Waals surface area contributed by atoms with Crippen molar-refractivity contribution >= 4 is 33.2 Å². The van der Waals surface area contributed by atoms with Gasteiger partial charge < -0.3 is 24.0 Å². The summed E-state index contributed by atoms with van der Waals surface area (Å²) in [4.78, 5) is 18.0. The molecule has 0 aromatic heterocycles. The summed E-state index contributed by atoms with van der Waals surface area (Å²) in [5.74, 6) is 1.18. The second kappa shape index (κ2) is 13.7. The number of sulfonamides is 1. The Morgan fingerprint density at radius 1 is 1.00 bits per heavy atom. The van der Waals surface area contributed by atoms with Gasteiger partial charge in [-0.05, 0) is 130 Å². The fourth-order valence-corrected chi connectivity index (χ4v) is 10.2. The van der Waals surface area contributed by atoms with E-state index in [-0.39, 0.29) is 35.3 Å². The zero-order valence-corrected chi connectivity index (χ0v) is 30.0. The van der Waals surface area contributed by atoms with Gasteiger partial charge in [-0.15, -0.1) is 0 Å². The number of fused-ring (bicyclic) bond motifs is 4. The van der Waals surface area contributed by atoms with Crippen molar-refractivity contribution in [1.82, 2.24) is 9.62 Å². The van der Waals surface area contributed by atoms with Gasteiger partial charge in [0.1, 0.15) is 12.4 Å². The van der Waals surface area contributed by atoms with Gasteiger partial charge in [0.2, 0.25) is 10.0 Å². The van der Waals surface area contributed by atoms with Gasteiger partial charge in [-0.2, -0.15) is 0 Å². The molecule has 2 aromatic rings. The van der Waals surface area contributed by atoms with Gasteiger partial charge >= 0.3 is 0 Å². The Bertz CT molecular complexity index is 1610. The molecule has 48 heavy (non-hydrogen) atoms. The molecule has 262 valence electrons. The molecule has 11 heteroatoms. The van der Waals surface area contributed by atoms with Crippen molar-refractivity contribution in [3.05, 3.63) is 58.1 Å². The molecule has 9 nitrogen and oxygen atoms in total. The molecule has 2 bridgehead atoms. The van der Waals surface area contributed by atoms with E-state index < -0.39 is 15.9 Å². The van der Waals surface area contributed by atoms with E-state index in [9.17, 15) is 13.2 Å². The number of likely N-dealkylation sites (N-methyl/N-ethyl adjacent to an activating group) is 1. The molecule has 3 fully saturated rings. The first-order valence-corrected chi connectivity index (χ1v) is 19.7. The zero-order chi connectivity index (χ0) is 33.6. The number of amides is 1. The van der Waals surface area contributed by atoms with Gasteiger partial charge in [0.25, 0.3) is 5.91 Å². The summed E-state index contributed by atoms with van der Waals surface area (Å²) in [6.07, 6.45) is 7.55. The molecule has 0 spiro atoms. The number of hydrogen-bond acceptors (Lipinski definition) is 8. The number of nitrogens with one attached hydrogen (secondary N) is 1. The molecule has 1 amide bonds. The van der Waals surface area contributed by atoms with Crippen LogP contribution in [0.1, 0.15) is 73.4 Å². The number of anilines is 1. The second-order valence-electron chi connectivity index (χ2n) is 15.4. The third-order valence-corrected chi connectivity index (χ3v) is 13.5. The van der Waals surface area contributed by atoms with Crippen LogP contribution in [0.2, 0.25) is 5.02 Å². The smallest absolute Gasteiger partial charge is 0.264 e. The van der Waals surface area contributed by atoms with E-state index in [1.165, 1.54) is 5.56 Å². The van der Waals surface area contributed by atoms with Crippen molar-refractivity contribution in [1.29, 1.82) is 0 Å². The van der Waals surface area contributed by atoms with Crippen LogP contribution in [0.15, 0.2) is 36.4 Å². The molecule has 2 aromatic carbocycles. The SMILES string of the molecule is CN(C)[C@H]1CO[C@@H]([C@H]2CCC3(C)C[C@@H]3CS(=O)(=O)NC(=O)c3ccc4c(c3)N(CCCCc3cc(Cl)ccc3CO4)C[C@@H]3CC[C@H]32)OC1. The number of benzene rings is 2. The third-order valence-electron chi connectivity index (χ3n) is 12.0. The first kappa shape index (κ1) is 34.1. The first-order valence-electron chi connectivity index (χ1n) is 17.7. The molecule has 1 unspecified atom stereocenters. The second-order valence-corrected chi connectivity index (χ2v) is 17.6. The molecule has 3 heterocycles. The Hall–Kier alpha value is -2.37. The molecular weight excluding hydrogens is 650 g/mol. The van der Waals surface area contributed by atoms with Gasteiger partial charge in [-0.25, -0.2) is 13.1 Å². The monoisotopic (exact) mass is 699 g/mol. The normalized spacial score (nSPS) is 33.9. The van der Waals surface area contributed by atoms with E-state index in [0.717, 1.165) is 80.7 Å². The average molecular weight is 700 g/mol. The lowest BCUT2D eigenvalue weighted by Crippen LogP contribution is -2.50. The van der Waals surface area contributed by atoms with E-state index in [0.29, 0.717) is 43.0 Å². The highest BCUT2D eigenvalue weighted by Gasteiger charge is 2.53. The summed E-state index contributed by atoms with van der Waals surface area (Å²) in [6, 6.07) is 11.5. The Morgan fingerprint density at radius 3 is 2.56 bits per heavy atom. The lowest BCUT2D eigenvalue weighted by Gasteiger charge is -2.48. The van der Waals surface area contributed by atoms with Crippen molar-refractivity contribution in [2.75, 3.05) is 51.1 Å². The number of ether oxygens (including phenoxy) is 3. The summed E-state index contributed by atoms with van der Waals surface area (Å²) in [5, 5.41) is 0.722. The van der Waals surface area contributed by atoms with Crippen LogP contribution >= 0.6 is 11.6 Å². The van der Waals surface area contributed by atoms with Crippen LogP contribution in [0.3, 0.4) is 0 Å². The van der Waals surface area contributed by atoms with Crippen molar-refractivity contribution in [3.8, 4) is 5.75 Å². The number of carbonyl (C=O) groups is 1. The Labute approximate surface area is 290 Å². The predicted octanol–water partition coefficient (Wildman–Crippen LogP) is 5.89. The van der Waals surface area contributed by atoms with E-state index in [1.54, 1.807) is 6.07 Å². The molecule has 2 saturated carbocycles. The fourth-order valence-electron chi connectivity index (χ4n) is 8.43. The topological polar surface area (TPSA) is 97.4 Å². The van der Waals surface area contributed by atoms with Crippen LogP contribution in [0.4, 0.5) is 5.69 Å². The summed E-state index contributed by atoms with van der Waals surface area (Å²) < 4.78 is 48.4. The minimum Gasteiger partial charge on any atom is -0.487 e. The van der Waals surface area contributed by atoms with Crippen LogP contribution < -0.4 is 14.4 Å². The lowest BCUT2D eigenvalue weighted by atomic mass is 9.64. The van der Waals surface area contributed by atoms with Gasteiger partial charge in [-0.1, -0.05) is 24.6 Å². The van der Waals surface area contributed by atoms with Gasteiger partial charge in [0.05, 0.1) is 30.7 Å². The maximum absolute atomic E-state index is 13.5. The maximum Gasteiger partial charge on any atom is 0.264 e. The molecule has 5 aliphatic rings. The largest absolute Gasteiger partial charge is 0.487 e. The fraction of sp³-hybridized carbons (Fsp3) is 0.649. The first-order chi connectivity index (χ1) is 23.0. The summed E-state index contributed by atoms with van der Waals surface area (Å²) in [6.45, 7) is 5.50. The standard InChI is InChI=1S/C37H50ClN3O6S/c1-37-14-13-32(36-46-21-30(22-47-36)40(2)3)31-11-8-26(31)19-41-15-5-4-6-24-16-29(38)10-7-27(24)20-45-34-12-9-25(17-33(34)41)35(42)39-48(43,44)23-28(37)18-37/h7,9-10,12,16-17,26,28,30-32,36H,4-6,8,11,13-15,18-23H2,1-3H3,(H,39,42)/t26-,28+,30-,31+,32-,36+,37?/m0/s1. The van der Waals surface area contributed by atoms with Gasteiger partial charge in [-0.3, -0.25) is 4.79 Å². The van der Waals surface area contributed by atoms with Crippen LogP contribution in [0.5, 0.6) is 5.75 Å². The summed E-state index contributed by atoms with van der Waals surface area (Å²) in [7, 11) is 0.305. The zero-order valence-electron chi connectivity index (χ0n) is 28.5. The van der Waals surface area contributed by atoms with E-state index in [4.69, 9.17) is 25.8 Å². The van der Waals surface area contributed by atoms with Crippen molar-refractivity contribution in [2.24, 2.45) is 29.1 Å². The Balaban J connectivity index is 1.22. The highest BCUT2D eigenvalue weighted by Crippen LogP contribution is 2.58. The Morgan fingerprint density at radius 2 is 1.81 bits per heavy atom. The third kappa shape index (κ3) is 7.38. The van der Waals surface area contributed by atoms with Gasteiger partial charge in [0.15, 0.2) is 6.29 Å². The summed E-state index contributed by atoms with van der Waals surface area (Å²) in [5.41, 5.74) is 3.38. The highest BCUT2D eigenvalue weighted by molar-refractivity contribution is 7.90. The van der Waals surface area contributed by atoms with Crippen molar-refractivity contribution < 1.29 is 27.4 Å². The number of aryl methyl sites for hydroxylation is 1. The molecule has 1 N–H and O–H groups in total. The van der Waals surface area contributed by atoms with Crippen molar-refractivity contribution in [2.45, 2.75) is 77.2 Å². The molecule has 0 radical (unpaired) electrons. The summed E-state index contributed by atoms with van der Waals surface area (Å²) >= 11 is 6.37. The maximum atomic E-state index is 13.5. The van der Waals surface area contributed by atoms with Gasteiger partial charge in [0, 0.05) is 29.6 Å². The lowest BCUT2D eigenvalue weighted by molar-refractivity contribution is -0.241. The number of halogens is 1. The average Bonchev–Trinajstić information content (AvgIpc) is 3.68. The van der Waals surface area contributed by atoms with Crippen LogP contribution in [0, 0.1) is 29.1 Å². The molecular formula is C37H50ClN3O6S. The number of nitrogens with zero attached hydrogens (tertiary/aromatic N) is 2. The molecule has 1 saturated heterocycles. The van der Waals surface area contributed by atoms with Crippen molar-refractivity contribution in [3.63, 3.8) is 0 Å². The predicted molar refractivity (Wildman–Crippen MR) is 187 cm³/mol. The number of hydrogen-bond donors (Lipinski definition) is 1. The minimum absolute atomic E-state index is 0.0222. The molecule has 5 atom stereocenters. The van der Waals surface area contributed by atoms with Crippen LogP contribution in [-0.2, 0) is 32.5 Å². The van der Waals surface area contributed by atoms with E-state index in [1.807, 2.05) is 30.3 Å². The minimum atomic E-state index is -3.82. The Kier molecular flexibility index (Phi) is 9.76. The van der Waals surface area contributed by atoms with E-state index in [2.05, 4.69) is 35.5 Å². The molecule has 7 rings (SSSR count). The highest BCUT2D eigenvalue weighted by atomic mass is 35.5. The number of rotatable bonds is 2. The molecule has 3 aliphatic heterocycles. The van der Waals surface area contributed by atoms with Crippen LogP contribution in [0.25, 0.3) is 0 Å². The molecule has 2 aliphatic carbocycles. The number of carbonyl (C=O) groups excluding carboxylic acids is 1. The van der Waals surface area contributed by atoms with E-state index >= 15 is 0 Å². The quantitative estimate of drug-likeness (QED) is 0.415. The van der Waals surface area contributed by atoms with Crippen LogP contribution in [-0.4, -0.2) is 77.7 Å².